The minimum Gasteiger partial charge on any atom is -0.469 e. The van der Waals surface area contributed by atoms with E-state index in [9.17, 15) is 9.90 Å². The summed E-state index contributed by atoms with van der Waals surface area (Å²) in [4.78, 5) is 11.7. The molecule has 29 heavy (non-hydrogen) atoms. The molecule has 164 valence electrons. The van der Waals surface area contributed by atoms with E-state index in [1.54, 1.807) is 0 Å². The first-order chi connectivity index (χ1) is 13.8. The largest absolute Gasteiger partial charge is 0.469 e. The van der Waals surface area contributed by atoms with E-state index in [1.165, 1.54) is 39.2 Å². The first-order valence-corrected chi connectivity index (χ1v) is 12.2. The normalized spacial score (nSPS) is 53.8. The highest BCUT2D eigenvalue weighted by Crippen LogP contribution is 2.76. The minimum atomic E-state index is -0.0985. The number of esters is 1. The number of methoxy groups -OCH3 is 1. The van der Waals surface area contributed by atoms with Crippen molar-refractivity contribution in [2.24, 2.45) is 40.4 Å². The molecular weight excluding hydrogens is 364 g/mol. The van der Waals surface area contributed by atoms with Gasteiger partial charge in [0.1, 0.15) is 5.60 Å². The van der Waals surface area contributed by atoms with Crippen molar-refractivity contribution < 1.29 is 19.4 Å². The molecule has 1 spiro atoms. The first kappa shape index (κ1) is 20.3. The van der Waals surface area contributed by atoms with Crippen LogP contribution in [0.2, 0.25) is 0 Å². The topological polar surface area (TPSA) is 59.1 Å². The third-order valence-electron chi connectivity index (χ3n) is 10.8. The Morgan fingerprint density at radius 3 is 2.69 bits per heavy atom. The van der Waals surface area contributed by atoms with Crippen LogP contribution in [-0.2, 0) is 14.3 Å². The lowest BCUT2D eigenvalue weighted by Crippen LogP contribution is -2.60. The fourth-order valence-corrected chi connectivity index (χ4v) is 9.31. The molecule has 1 heterocycles. The van der Waals surface area contributed by atoms with Gasteiger partial charge in [-0.2, -0.15) is 0 Å². The summed E-state index contributed by atoms with van der Waals surface area (Å²) >= 11 is 0. The molecular formula is C25H40O4. The summed E-state index contributed by atoms with van der Waals surface area (Å²) in [5.41, 5.74) is 0.711. The number of rotatable bonds is 4. The van der Waals surface area contributed by atoms with Crippen LogP contribution in [0.5, 0.6) is 0 Å². The van der Waals surface area contributed by atoms with Crippen LogP contribution in [0.1, 0.15) is 85.0 Å². The van der Waals surface area contributed by atoms with E-state index in [-0.39, 0.29) is 23.1 Å². The Balaban J connectivity index is 1.37. The van der Waals surface area contributed by atoms with Crippen molar-refractivity contribution >= 4 is 5.97 Å². The highest BCUT2D eigenvalue weighted by molar-refractivity contribution is 5.69. The number of carbonyl (C=O) groups excluding carboxylic acids is 1. The first-order valence-electron chi connectivity index (χ1n) is 12.2. The lowest BCUT2D eigenvalue weighted by molar-refractivity contribution is -0.141. The lowest BCUT2D eigenvalue weighted by atomic mass is 9.44. The van der Waals surface area contributed by atoms with Crippen LogP contribution in [-0.4, -0.2) is 36.0 Å². The second kappa shape index (κ2) is 6.69. The Morgan fingerprint density at radius 1 is 1.17 bits per heavy atom. The summed E-state index contributed by atoms with van der Waals surface area (Å²) in [7, 11) is 1.49. The number of aliphatic hydroxyl groups excluding tert-OH is 1. The van der Waals surface area contributed by atoms with Crippen molar-refractivity contribution in [3.05, 3.63) is 0 Å². The molecule has 4 nitrogen and oxygen atoms in total. The molecule has 1 N–H and O–H groups in total. The highest BCUT2D eigenvalue weighted by Gasteiger charge is 2.79. The fourth-order valence-electron chi connectivity index (χ4n) is 9.31. The van der Waals surface area contributed by atoms with Gasteiger partial charge in [-0.15, -0.1) is 0 Å². The van der Waals surface area contributed by atoms with E-state index in [0.717, 1.165) is 31.6 Å². The number of aliphatic hydroxyl groups is 1. The van der Waals surface area contributed by atoms with Gasteiger partial charge in [0.2, 0.25) is 0 Å². The summed E-state index contributed by atoms with van der Waals surface area (Å²) in [5.74, 6) is 3.27. The average Bonchev–Trinajstić information content (AvgIpc) is 3.31. The van der Waals surface area contributed by atoms with Gasteiger partial charge >= 0.3 is 5.97 Å². The Hall–Kier alpha value is -0.610. The molecule has 5 fully saturated rings. The van der Waals surface area contributed by atoms with Crippen LogP contribution in [0, 0.1) is 40.4 Å². The molecule has 10 atom stereocenters. The molecule has 5 rings (SSSR count). The molecule has 0 bridgehead atoms. The van der Waals surface area contributed by atoms with Crippen molar-refractivity contribution in [1.82, 2.24) is 0 Å². The predicted octanol–water partition coefficient (Wildman–Crippen LogP) is 4.73. The average molecular weight is 405 g/mol. The number of ether oxygens (including phenoxy) is 2. The highest BCUT2D eigenvalue weighted by atomic mass is 16.6. The molecule has 1 aliphatic heterocycles. The summed E-state index contributed by atoms with van der Waals surface area (Å²) < 4.78 is 11.6. The van der Waals surface area contributed by atoms with Crippen molar-refractivity contribution in [2.45, 2.75) is 103 Å². The smallest absolute Gasteiger partial charge is 0.305 e. The molecule has 4 heteroatoms. The molecule has 10 unspecified atom stereocenters. The van der Waals surface area contributed by atoms with Gasteiger partial charge in [0, 0.05) is 11.8 Å². The number of hydrogen-bond donors (Lipinski definition) is 1. The maximum absolute atomic E-state index is 11.7. The standard InChI is InChI=1S/C25H40O4/c1-15(5-10-22(27)28-4)18-8-9-19-20-7-6-16-13-17(26)11-12-24(16,3)25(20)21(29-25)14-23(18,19)2/h15-21,26H,5-14H2,1-4H3. The van der Waals surface area contributed by atoms with Crippen LogP contribution < -0.4 is 0 Å². The number of epoxide rings is 1. The van der Waals surface area contributed by atoms with Crippen LogP contribution in [0.3, 0.4) is 0 Å². The number of carbonyl (C=O) groups is 1. The van der Waals surface area contributed by atoms with Gasteiger partial charge in [-0.05, 0) is 92.8 Å². The molecule has 5 aliphatic rings. The van der Waals surface area contributed by atoms with Gasteiger partial charge in [0.05, 0.1) is 19.3 Å². The van der Waals surface area contributed by atoms with E-state index >= 15 is 0 Å². The van der Waals surface area contributed by atoms with Gasteiger partial charge in [-0.1, -0.05) is 20.8 Å². The van der Waals surface area contributed by atoms with E-state index in [0.29, 0.717) is 41.6 Å². The summed E-state index contributed by atoms with van der Waals surface area (Å²) in [6.07, 6.45) is 11.3. The van der Waals surface area contributed by atoms with Crippen molar-refractivity contribution in [3.8, 4) is 0 Å². The molecule has 0 aromatic heterocycles. The molecule has 0 radical (unpaired) electrons. The Kier molecular flexibility index (Phi) is 4.68. The summed E-state index contributed by atoms with van der Waals surface area (Å²) in [6, 6.07) is 0. The van der Waals surface area contributed by atoms with Gasteiger partial charge in [0.25, 0.3) is 0 Å². The molecule has 4 saturated carbocycles. The quantitative estimate of drug-likeness (QED) is 0.544. The van der Waals surface area contributed by atoms with Crippen LogP contribution in [0.15, 0.2) is 0 Å². The SMILES string of the molecule is COC(=O)CCC(C)C1CCC2C3CCC4CC(O)CCC4(C)C34OC4CC12C. The second-order valence-electron chi connectivity index (χ2n) is 11.7. The van der Waals surface area contributed by atoms with Gasteiger partial charge in [-0.3, -0.25) is 4.79 Å². The summed E-state index contributed by atoms with van der Waals surface area (Å²) in [5, 5.41) is 10.3. The second-order valence-corrected chi connectivity index (χ2v) is 11.7. The van der Waals surface area contributed by atoms with Gasteiger partial charge in [-0.25, -0.2) is 0 Å². The molecule has 0 aromatic rings. The van der Waals surface area contributed by atoms with E-state index in [4.69, 9.17) is 9.47 Å². The fraction of sp³-hybridized carbons (Fsp3) is 0.960. The monoisotopic (exact) mass is 404 g/mol. The zero-order valence-corrected chi connectivity index (χ0v) is 18.8. The van der Waals surface area contributed by atoms with Gasteiger partial charge in [0.15, 0.2) is 0 Å². The van der Waals surface area contributed by atoms with Crippen LogP contribution in [0.25, 0.3) is 0 Å². The van der Waals surface area contributed by atoms with Crippen LogP contribution >= 0.6 is 0 Å². The molecule has 1 saturated heterocycles. The zero-order chi connectivity index (χ0) is 20.6. The number of fused-ring (bicyclic) bond motifs is 3. The van der Waals surface area contributed by atoms with Crippen molar-refractivity contribution in [2.75, 3.05) is 7.11 Å². The van der Waals surface area contributed by atoms with Crippen LogP contribution in [0.4, 0.5) is 0 Å². The lowest BCUT2D eigenvalue weighted by Gasteiger charge is -2.59. The van der Waals surface area contributed by atoms with Gasteiger partial charge < -0.3 is 14.6 Å². The Labute approximate surface area is 176 Å². The summed E-state index contributed by atoms with van der Waals surface area (Å²) in [6.45, 7) is 7.41. The molecule has 0 amide bonds. The Morgan fingerprint density at radius 2 is 1.93 bits per heavy atom. The minimum absolute atomic E-state index is 0.0736. The predicted molar refractivity (Wildman–Crippen MR) is 111 cm³/mol. The maximum Gasteiger partial charge on any atom is 0.305 e. The third-order valence-corrected chi connectivity index (χ3v) is 10.8. The number of hydrogen-bond acceptors (Lipinski definition) is 4. The molecule has 0 aromatic carbocycles. The van der Waals surface area contributed by atoms with Crippen molar-refractivity contribution in [3.63, 3.8) is 0 Å². The van der Waals surface area contributed by atoms with Crippen molar-refractivity contribution in [1.29, 1.82) is 0 Å². The van der Waals surface area contributed by atoms with E-state index in [2.05, 4.69) is 20.8 Å². The van der Waals surface area contributed by atoms with E-state index in [1.807, 2.05) is 0 Å². The zero-order valence-electron chi connectivity index (χ0n) is 18.8. The molecule has 4 aliphatic carbocycles. The maximum atomic E-state index is 11.7. The Bertz CT molecular complexity index is 678. The third kappa shape index (κ3) is 2.67. The van der Waals surface area contributed by atoms with E-state index < -0.39 is 0 Å².